The van der Waals surface area contributed by atoms with Gasteiger partial charge in [0, 0.05) is 21.5 Å². The number of benzene rings is 3. The molecule has 164 valence electrons. The Bertz CT molecular complexity index is 1120. The van der Waals surface area contributed by atoms with E-state index in [0.717, 1.165) is 0 Å². The van der Waals surface area contributed by atoms with Crippen LogP contribution in [0.4, 0.5) is 0 Å². The molecule has 1 amide bonds. The van der Waals surface area contributed by atoms with E-state index in [9.17, 15) is 24.6 Å². The lowest BCUT2D eigenvalue weighted by molar-refractivity contribution is -0.147. The number of carbonyl (C=O) groups is 3. The molecule has 0 radical (unpaired) electrons. The normalized spacial score (nSPS) is 13.6. The number of carboxylic acids is 2. The van der Waals surface area contributed by atoms with Gasteiger partial charge in [0.05, 0.1) is 6.42 Å². The highest BCUT2D eigenvalue weighted by atomic mass is 35.5. The number of halogens is 2. The fourth-order valence-electron chi connectivity index (χ4n) is 3.63. The smallest absolute Gasteiger partial charge is 0.334 e. The Morgan fingerprint density at radius 3 is 1.84 bits per heavy atom. The maximum absolute atomic E-state index is 13.1. The second-order valence-electron chi connectivity index (χ2n) is 7.14. The highest BCUT2D eigenvalue weighted by Crippen LogP contribution is 2.41. The lowest BCUT2D eigenvalue weighted by Gasteiger charge is -2.38. The second kappa shape index (κ2) is 9.85. The zero-order chi connectivity index (χ0) is 23.3. The van der Waals surface area contributed by atoms with Crippen LogP contribution >= 0.6 is 23.2 Å². The summed E-state index contributed by atoms with van der Waals surface area (Å²) in [6, 6.07) is 20.2. The maximum atomic E-state index is 13.1. The molecule has 0 aliphatic carbocycles. The lowest BCUT2D eigenvalue weighted by atomic mass is 9.72. The molecule has 0 aromatic heterocycles. The summed E-state index contributed by atoms with van der Waals surface area (Å²) in [7, 11) is 0. The van der Waals surface area contributed by atoms with Gasteiger partial charge in [-0.1, -0.05) is 65.7 Å². The lowest BCUT2D eigenvalue weighted by Crippen LogP contribution is -2.56. The summed E-state index contributed by atoms with van der Waals surface area (Å²) in [5.41, 5.74) is -1.30. The second-order valence-corrected chi connectivity index (χ2v) is 8.02. The molecule has 2 atom stereocenters. The average Bonchev–Trinajstić information content (AvgIpc) is 2.77. The Hall–Kier alpha value is -3.35. The van der Waals surface area contributed by atoms with E-state index in [0.29, 0.717) is 15.6 Å². The Kier molecular flexibility index (Phi) is 7.18. The summed E-state index contributed by atoms with van der Waals surface area (Å²) >= 11 is 12.0. The first kappa shape index (κ1) is 23.3. The largest absolute Gasteiger partial charge is 0.481 e. The van der Waals surface area contributed by atoms with Crippen LogP contribution in [0, 0.1) is 0 Å². The van der Waals surface area contributed by atoms with Gasteiger partial charge in [-0.15, -0.1) is 0 Å². The highest BCUT2D eigenvalue weighted by Gasteiger charge is 2.50. The van der Waals surface area contributed by atoms with Crippen LogP contribution in [0.3, 0.4) is 0 Å². The third-order valence-corrected chi connectivity index (χ3v) is 5.66. The molecule has 3 rings (SSSR count). The number of hydrogen-bond donors (Lipinski definition) is 3. The van der Waals surface area contributed by atoms with Gasteiger partial charge >= 0.3 is 11.9 Å². The number of hydrogen-bond acceptors (Lipinski definition) is 3. The molecule has 0 aliphatic heterocycles. The van der Waals surface area contributed by atoms with Crippen molar-refractivity contribution in [2.75, 3.05) is 0 Å². The van der Waals surface area contributed by atoms with Crippen LogP contribution in [-0.2, 0) is 15.1 Å². The molecule has 0 heterocycles. The van der Waals surface area contributed by atoms with Crippen LogP contribution in [0.5, 0.6) is 0 Å². The summed E-state index contributed by atoms with van der Waals surface area (Å²) in [5, 5.41) is 23.5. The van der Waals surface area contributed by atoms with E-state index in [1.807, 2.05) is 0 Å². The number of carbonyl (C=O) groups excluding carboxylic acids is 1. The molecule has 2 unspecified atom stereocenters. The summed E-state index contributed by atoms with van der Waals surface area (Å²) in [6.45, 7) is 0. The maximum Gasteiger partial charge on any atom is 0.334 e. The van der Waals surface area contributed by atoms with Crippen molar-refractivity contribution in [3.05, 3.63) is 106 Å². The van der Waals surface area contributed by atoms with E-state index in [1.54, 1.807) is 42.5 Å². The van der Waals surface area contributed by atoms with Gasteiger partial charge < -0.3 is 15.5 Å². The van der Waals surface area contributed by atoms with Crippen molar-refractivity contribution in [3.63, 3.8) is 0 Å². The topological polar surface area (TPSA) is 104 Å². The van der Waals surface area contributed by atoms with Gasteiger partial charge in [-0.3, -0.25) is 9.59 Å². The van der Waals surface area contributed by atoms with Crippen molar-refractivity contribution in [2.24, 2.45) is 0 Å². The summed E-state index contributed by atoms with van der Waals surface area (Å²) < 4.78 is 0. The fourth-order valence-corrected chi connectivity index (χ4v) is 3.88. The molecular weight excluding hydrogens is 453 g/mol. The van der Waals surface area contributed by atoms with E-state index >= 15 is 0 Å². The van der Waals surface area contributed by atoms with Crippen LogP contribution in [0.25, 0.3) is 0 Å². The van der Waals surface area contributed by atoms with Crippen LogP contribution in [0.15, 0.2) is 78.9 Å². The molecule has 3 aromatic rings. The molecule has 32 heavy (non-hydrogen) atoms. The molecule has 0 fully saturated rings. The summed E-state index contributed by atoms with van der Waals surface area (Å²) in [4.78, 5) is 37.8. The van der Waals surface area contributed by atoms with Crippen LogP contribution in [0.1, 0.15) is 33.8 Å². The third kappa shape index (κ3) is 4.93. The van der Waals surface area contributed by atoms with Gasteiger partial charge in [0.25, 0.3) is 5.91 Å². The Morgan fingerprint density at radius 1 is 0.812 bits per heavy atom. The van der Waals surface area contributed by atoms with E-state index in [2.05, 4.69) is 5.32 Å². The van der Waals surface area contributed by atoms with Crippen molar-refractivity contribution in [3.8, 4) is 0 Å². The molecule has 0 aliphatic rings. The van der Waals surface area contributed by atoms with E-state index in [-0.39, 0.29) is 11.1 Å². The van der Waals surface area contributed by atoms with E-state index in [4.69, 9.17) is 23.2 Å². The van der Waals surface area contributed by atoms with Crippen molar-refractivity contribution in [1.29, 1.82) is 0 Å². The van der Waals surface area contributed by atoms with Crippen LogP contribution < -0.4 is 5.32 Å². The third-order valence-electron chi connectivity index (χ3n) is 5.16. The molecule has 3 aromatic carbocycles. The van der Waals surface area contributed by atoms with Gasteiger partial charge in [0.2, 0.25) is 0 Å². The zero-order valence-electron chi connectivity index (χ0n) is 16.7. The van der Waals surface area contributed by atoms with Gasteiger partial charge in [-0.25, -0.2) is 4.79 Å². The number of amides is 1. The summed E-state index contributed by atoms with van der Waals surface area (Å²) in [6.07, 6.45) is -0.564. The predicted molar refractivity (Wildman–Crippen MR) is 121 cm³/mol. The van der Waals surface area contributed by atoms with Gasteiger partial charge in [-0.2, -0.15) is 0 Å². The predicted octanol–water partition coefficient (Wildman–Crippen LogP) is 4.96. The zero-order valence-corrected chi connectivity index (χ0v) is 18.2. The Balaban J connectivity index is 2.25. The highest BCUT2D eigenvalue weighted by molar-refractivity contribution is 6.30. The Morgan fingerprint density at radius 2 is 1.34 bits per heavy atom. The number of nitrogens with one attached hydrogen (secondary N) is 1. The minimum absolute atomic E-state index is 0.180. The average molecular weight is 472 g/mol. The van der Waals surface area contributed by atoms with Crippen LogP contribution in [0.2, 0.25) is 10.0 Å². The number of rotatable bonds is 8. The molecule has 0 spiro atoms. The molecule has 0 saturated carbocycles. The van der Waals surface area contributed by atoms with Crippen LogP contribution in [-0.4, -0.2) is 28.1 Å². The van der Waals surface area contributed by atoms with Gasteiger partial charge in [0.15, 0.2) is 5.54 Å². The molecule has 6 nitrogen and oxygen atoms in total. The van der Waals surface area contributed by atoms with Crippen molar-refractivity contribution in [2.45, 2.75) is 17.9 Å². The first-order valence-corrected chi connectivity index (χ1v) is 10.3. The Labute approximate surface area is 194 Å². The first-order chi connectivity index (χ1) is 15.2. The molecule has 0 bridgehead atoms. The SMILES string of the molecule is O=C(O)CC(c1ccc(Cl)cc1)C(NC(=O)c1ccccc1)(C(=O)O)c1ccc(Cl)cc1. The van der Waals surface area contributed by atoms with Gasteiger partial charge in [0.1, 0.15) is 0 Å². The van der Waals surface area contributed by atoms with Crippen molar-refractivity contribution < 1.29 is 24.6 Å². The fraction of sp³-hybridized carbons (Fsp3) is 0.125. The molecular formula is C24H19Cl2NO5. The molecule has 8 heteroatoms. The van der Waals surface area contributed by atoms with Gasteiger partial charge in [-0.05, 0) is 47.5 Å². The minimum atomic E-state index is -2.11. The van der Waals surface area contributed by atoms with Crippen molar-refractivity contribution in [1.82, 2.24) is 5.32 Å². The standard InChI is InChI=1S/C24H19Cl2NO5/c25-18-10-6-15(7-11-18)20(14-21(28)29)24(23(31)32,17-8-12-19(26)13-9-17)27-22(30)16-4-2-1-3-5-16/h1-13,20H,14H2,(H,27,30)(H,28,29)(H,31,32). The van der Waals surface area contributed by atoms with Crippen molar-refractivity contribution >= 4 is 41.0 Å². The van der Waals surface area contributed by atoms with E-state index < -0.39 is 35.7 Å². The summed E-state index contributed by atoms with van der Waals surface area (Å²) in [5.74, 6) is -4.46. The molecule has 0 saturated heterocycles. The number of aliphatic carboxylic acids is 2. The number of carboxylic acid groups (broad SMARTS) is 2. The molecule has 3 N–H and O–H groups in total. The van der Waals surface area contributed by atoms with E-state index in [1.165, 1.54) is 36.4 Å². The monoisotopic (exact) mass is 471 g/mol. The first-order valence-electron chi connectivity index (χ1n) is 9.58. The quantitative estimate of drug-likeness (QED) is 0.430. The minimum Gasteiger partial charge on any atom is -0.481 e.